The molecule has 118 valence electrons. The Balaban J connectivity index is 1.52. The van der Waals surface area contributed by atoms with E-state index in [1.807, 2.05) is 36.4 Å². The molecule has 0 fully saturated rings. The van der Waals surface area contributed by atoms with E-state index in [9.17, 15) is 0 Å². The summed E-state index contributed by atoms with van der Waals surface area (Å²) >= 11 is 13.3. The van der Waals surface area contributed by atoms with Gasteiger partial charge >= 0.3 is 0 Å². The van der Waals surface area contributed by atoms with Gasteiger partial charge in [0.25, 0.3) is 0 Å². The Kier molecular flexibility index (Phi) is 5.43. The van der Waals surface area contributed by atoms with Gasteiger partial charge in [-0.25, -0.2) is 4.98 Å². The molecule has 4 nitrogen and oxygen atoms in total. The van der Waals surface area contributed by atoms with Crippen molar-refractivity contribution in [2.24, 2.45) is 0 Å². The number of aromatic amines is 1. The van der Waals surface area contributed by atoms with Gasteiger partial charge in [0.1, 0.15) is 12.4 Å². The fourth-order valence-electron chi connectivity index (χ4n) is 1.86. The van der Waals surface area contributed by atoms with Crippen LogP contribution in [0, 0.1) is 0 Å². The van der Waals surface area contributed by atoms with Crippen LogP contribution in [0.5, 0.6) is 5.75 Å². The predicted molar refractivity (Wildman–Crippen MR) is 93.2 cm³/mol. The Morgan fingerprint density at radius 3 is 2.65 bits per heavy atom. The van der Waals surface area contributed by atoms with Crippen molar-refractivity contribution < 1.29 is 4.74 Å². The lowest BCUT2D eigenvalue weighted by Gasteiger charge is -2.03. The highest BCUT2D eigenvalue weighted by Crippen LogP contribution is 2.21. The minimum atomic E-state index is 0.326. The lowest BCUT2D eigenvalue weighted by atomic mass is 10.2. The van der Waals surface area contributed by atoms with Gasteiger partial charge in [-0.15, -0.1) is 5.10 Å². The first-order valence-corrected chi connectivity index (χ1v) is 8.60. The maximum atomic E-state index is 5.97. The molecular weight excluding hydrogens is 353 g/mol. The smallest absolute Gasteiger partial charge is 0.208 e. The van der Waals surface area contributed by atoms with E-state index in [0.717, 1.165) is 22.1 Å². The highest BCUT2D eigenvalue weighted by Gasteiger charge is 2.05. The monoisotopic (exact) mass is 365 g/mol. The largest absolute Gasteiger partial charge is 0.486 e. The molecule has 1 N–H and O–H groups in total. The molecule has 3 rings (SSSR count). The molecule has 0 radical (unpaired) electrons. The first-order chi connectivity index (χ1) is 11.2. The third kappa shape index (κ3) is 4.89. The fourth-order valence-corrected chi connectivity index (χ4v) is 2.96. The van der Waals surface area contributed by atoms with Gasteiger partial charge in [0, 0.05) is 15.8 Å². The molecule has 0 spiro atoms. The van der Waals surface area contributed by atoms with Gasteiger partial charge in [0.05, 0.1) is 0 Å². The van der Waals surface area contributed by atoms with Crippen molar-refractivity contribution in [3.05, 3.63) is 70.0 Å². The van der Waals surface area contributed by atoms with E-state index < -0.39 is 0 Å². The van der Waals surface area contributed by atoms with Gasteiger partial charge in [-0.2, -0.15) is 0 Å². The minimum Gasteiger partial charge on any atom is -0.486 e. The first-order valence-electron chi connectivity index (χ1n) is 6.86. The zero-order chi connectivity index (χ0) is 16.1. The van der Waals surface area contributed by atoms with Crippen molar-refractivity contribution in [1.29, 1.82) is 0 Å². The molecule has 0 unspecified atom stereocenters. The van der Waals surface area contributed by atoms with Crippen LogP contribution in [0.3, 0.4) is 0 Å². The third-order valence-corrected chi connectivity index (χ3v) is 4.36. The van der Waals surface area contributed by atoms with Crippen LogP contribution in [0.1, 0.15) is 11.4 Å². The summed E-state index contributed by atoms with van der Waals surface area (Å²) in [5, 5.41) is 9.14. The summed E-state index contributed by atoms with van der Waals surface area (Å²) in [5.74, 6) is 2.17. The lowest BCUT2D eigenvalue weighted by molar-refractivity contribution is 0.296. The molecule has 0 aliphatic carbocycles. The highest BCUT2D eigenvalue weighted by molar-refractivity contribution is 7.98. The molecule has 0 aliphatic rings. The number of H-pyrrole nitrogens is 1. The molecule has 0 saturated heterocycles. The number of aromatic nitrogens is 3. The maximum Gasteiger partial charge on any atom is 0.208 e. The SMILES string of the molecule is Clc1ccc(OCc2nc(SCc3cccc(Cl)c3)n[nH]2)cc1. The van der Waals surface area contributed by atoms with Crippen molar-refractivity contribution in [1.82, 2.24) is 15.2 Å². The number of ether oxygens (including phenoxy) is 1. The molecule has 1 heterocycles. The van der Waals surface area contributed by atoms with Crippen molar-refractivity contribution in [2.45, 2.75) is 17.5 Å². The topological polar surface area (TPSA) is 50.8 Å². The zero-order valence-corrected chi connectivity index (χ0v) is 14.3. The van der Waals surface area contributed by atoms with Crippen LogP contribution in [-0.4, -0.2) is 15.2 Å². The Hall–Kier alpha value is -1.69. The van der Waals surface area contributed by atoms with Crippen LogP contribution in [0.4, 0.5) is 0 Å². The average molecular weight is 366 g/mol. The standard InChI is InChI=1S/C16H13Cl2N3OS/c17-12-4-6-14(7-5-12)22-9-15-19-16(21-20-15)23-10-11-2-1-3-13(18)8-11/h1-8H,9-10H2,(H,19,20,21). The fraction of sp³-hybridized carbons (Fsp3) is 0.125. The first kappa shape index (κ1) is 16.2. The van der Waals surface area contributed by atoms with Crippen molar-refractivity contribution >= 4 is 35.0 Å². The summed E-state index contributed by atoms with van der Waals surface area (Å²) in [6, 6.07) is 14.9. The van der Waals surface area contributed by atoms with E-state index in [4.69, 9.17) is 27.9 Å². The lowest BCUT2D eigenvalue weighted by Crippen LogP contribution is -1.97. The van der Waals surface area contributed by atoms with Crippen LogP contribution in [0.15, 0.2) is 53.7 Å². The van der Waals surface area contributed by atoms with Gasteiger partial charge in [-0.3, -0.25) is 5.10 Å². The zero-order valence-electron chi connectivity index (χ0n) is 12.0. The molecule has 0 aliphatic heterocycles. The highest BCUT2D eigenvalue weighted by atomic mass is 35.5. The molecule has 2 aromatic carbocycles. The number of hydrogen-bond donors (Lipinski definition) is 1. The second-order valence-electron chi connectivity index (χ2n) is 4.73. The number of nitrogens with one attached hydrogen (secondary N) is 1. The summed E-state index contributed by atoms with van der Waals surface area (Å²) in [6.45, 7) is 0.326. The average Bonchev–Trinajstić information content (AvgIpc) is 3.00. The second kappa shape index (κ2) is 7.73. The molecule has 0 bridgehead atoms. The summed E-state index contributed by atoms with van der Waals surface area (Å²) in [4.78, 5) is 4.39. The van der Waals surface area contributed by atoms with Crippen molar-refractivity contribution in [2.75, 3.05) is 0 Å². The molecule has 23 heavy (non-hydrogen) atoms. The number of rotatable bonds is 6. The minimum absolute atomic E-state index is 0.326. The van der Waals surface area contributed by atoms with Crippen LogP contribution in [0.25, 0.3) is 0 Å². The van der Waals surface area contributed by atoms with Gasteiger partial charge in [-0.1, -0.05) is 47.1 Å². The van der Waals surface area contributed by atoms with E-state index in [1.54, 1.807) is 23.9 Å². The predicted octanol–water partition coefficient (Wildman–Crippen LogP) is 4.98. The van der Waals surface area contributed by atoms with E-state index in [1.165, 1.54) is 0 Å². The number of thioether (sulfide) groups is 1. The number of nitrogens with zero attached hydrogens (tertiary/aromatic N) is 2. The summed E-state index contributed by atoms with van der Waals surface area (Å²) in [5.41, 5.74) is 1.13. The van der Waals surface area contributed by atoms with Gasteiger partial charge in [-0.05, 0) is 42.0 Å². The third-order valence-electron chi connectivity index (χ3n) is 2.96. The number of hydrogen-bond acceptors (Lipinski definition) is 4. The van der Waals surface area contributed by atoms with Crippen LogP contribution < -0.4 is 4.74 Å². The van der Waals surface area contributed by atoms with Crippen LogP contribution in [-0.2, 0) is 12.4 Å². The van der Waals surface area contributed by atoms with Crippen LogP contribution in [0.2, 0.25) is 10.0 Å². The Bertz CT molecular complexity index is 777. The Morgan fingerprint density at radius 2 is 1.87 bits per heavy atom. The van der Waals surface area contributed by atoms with E-state index in [-0.39, 0.29) is 0 Å². The molecule has 0 amide bonds. The van der Waals surface area contributed by atoms with E-state index in [2.05, 4.69) is 15.2 Å². The molecule has 3 aromatic rings. The Labute approximate surface area is 148 Å². The Morgan fingerprint density at radius 1 is 1.04 bits per heavy atom. The van der Waals surface area contributed by atoms with Gasteiger partial charge in [0.15, 0.2) is 5.82 Å². The van der Waals surface area contributed by atoms with Gasteiger partial charge < -0.3 is 4.74 Å². The molecule has 0 atom stereocenters. The van der Waals surface area contributed by atoms with E-state index >= 15 is 0 Å². The number of benzene rings is 2. The molecule has 1 aromatic heterocycles. The maximum absolute atomic E-state index is 5.97. The van der Waals surface area contributed by atoms with Crippen molar-refractivity contribution in [3.63, 3.8) is 0 Å². The summed E-state index contributed by atoms with van der Waals surface area (Å²) in [7, 11) is 0. The summed E-state index contributed by atoms with van der Waals surface area (Å²) < 4.78 is 5.62. The molecule has 7 heteroatoms. The molecule has 0 saturated carbocycles. The second-order valence-corrected chi connectivity index (χ2v) is 6.54. The normalized spacial score (nSPS) is 10.7. The van der Waals surface area contributed by atoms with Crippen LogP contribution >= 0.6 is 35.0 Å². The van der Waals surface area contributed by atoms with E-state index in [0.29, 0.717) is 22.6 Å². The quantitative estimate of drug-likeness (QED) is 0.625. The number of halogens is 2. The van der Waals surface area contributed by atoms with Gasteiger partial charge in [0.2, 0.25) is 5.16 Å². The summed E-state index contributed by atoms with van der Waals surface area (Å²) in [6.07, 6.45) is 0. The van der Waals surface area contributed by atoms with Crippen molar-refractivity contribution in [3.8, 4) is 5.75 Å². The molecular formula is C16H13Cl2N3OS.